The zero-order chi connectivity index (χ0) is 19.3. The molecule has 26 heavy (non-hydrogen) atoms. The maximum Gasteiger partial charge on any atom is 0.264 e. The molecule has 5 nitrogen and oxygen atoms in total. The topological polar surface area (TPSA) is 66.5 Å². The third-order valence-corrected chi connectivity index (χ3v) is 5.76. The number of nitrogens with one attached hydrogen (secondary N) is 1. The standard InChI is InChI=1S/C20H26N2O3S/c1-15(2)13-21-20(23)14-22(19-8-6-5-7-17(19)4)26(24,25)18-11-9-16(3)10-12-18/h5-12,15H,13-14H2,1-4H3,(H,21,23). The van der Waals surface area contributed by atoms with Crippen LogP contribution < -0.4 is 9.62 Å². The highest BCUT2D eigenvalue weighted by molar-refractivity contribution is 7.92. The molecule has 0 aliphatic carbocycles. The number of hydrogen-bond acceptors (Lipinski definition) is 3. The first kappa shape index (κ1) is 20.0. The Morgan fingerprint density at radius 1 is 1.04 bits per heavy atom. The molecule has 0 saturated heterocycles. The van der Waals surface area contributed by atoms with Crippen LogP contribution in [0.25, 0.3) is 0 Å². The zero-order valence-electron chi connectivity index (χ0n) is 15.7. The van der Waals surface area contributed by atoms with Gasteiger partial charge in [-0.3, -0.25) is 9.10 Å². The Hall–Kier alpha value is -2.34. The average Bonchev–Trinajstić information content (AvgIpc) is 2.59. The number of aryl methyl sites for hydroxylation is 2. The van der Waals surface area contributed by atoms with Crippen molar-refractivity contribution in [2.75, 3.05) is 17.4 Å². The number of carbonyl (C=O) groups excluding carboxylic acids is 1. The smallest absolute Gasteiger partial charge is 0.264 e. The molecule has 6 heteroatoms. The second kappa shape index (κ2) is 8.36. The van der Waals surface area contributed by atoms with E-state index in [0.29, 0.717) is 18.2 Å². The molecule has 1 amide bonds. The van der Waals surface area contributed by atoms with Crippen LogP contribution in [0.3, 0.4) is 0 Å². The van der Waals surface area contributed by atoms with E-state index in [1.165, 1.54) is 4.31 Å². The van der Waals surface area contributed by atoms with E-state index >= 15 is 0 Å². The van der Waals surface area contributed by atoms with E-state index in [2.05, 4.69) is 5.32 Å². The fraction of sp³-hybridized carbons (Fsp3) is 0.350. The van der Waals surface area contributed by atoms with Crippen LogP contribution in [0.15, 0.2) is 53.4 Å². The van der Waals surface area contributed by atoms with Gasteiger partial charge in [0, 0.05) is 6.54 Å². The maximum atomic E-state index is 13.2. The third kappa shape index (κ3) is 4.85. The van der Waals surface area contributed by atoms with Crippen molar-refractivity contribution < 1.29 is 13.2 Å². The summed E-state index contributed by atoms with van der Waals surface area (Å²) in [7, 11) is -3.85. The first-order valence-corrected chi connectivity index (χ1v) is 10.1. The van der Waals surface area contributed by atoms with Crippen LogP contribution in [0, 0.1) is 19.8 Å². The molecule has 0 bridgehead atoms. The summed E-state index contributed by atoms with van der Waals surface area (Å²) in [4.78, 5) is 12.5. The number of anilines is 1. The van der Waals surface area contributed by atoms with E-state index in [0.717, 1.165) is 11.1 Å². The molecule has 0 fully saturated rings. The molecule has 0 saturated carbocycles. The number of nitrogens with zero attached hydrogens (tertiary/aromatic N) is 1. The van der Waals surface area contributed by atoms with Gasteiger partial charge in [-0.1, -0.05) is 49.7 Å². The molecular weight excluding hydrogens is 348 g/mol. The van der Waals surface area contributed by atoms with Gasteiger partial charge in [-0.25, -0.2) is 8.42 Å². The highest BCUT2D eigenvalue weighted by Crippen LogP contribution is 2.26. The maximum absolute atomic E-state index is 13.2. The Labute approximate surface area is 156 Å². The van der Waals surface area contributed by atoms with E-state index in [4.69, 9.17) is 0 Å². The van der Waals surface area contributed by atoms with Gasteiger partial charge in [0.2, 0.25) is 5.91 Å². The first-order valence-electron chi connectivity index (χ1n) is 8.63. The number of benzene rings is 2. The molecule has 140 valence electrons. The Bertz CT molecular complexity index is 859. The van der Waals surface area contributed by atoms with E-state index in [-0.39, 0.29) is 17.3 Å². The summed E-state index contributed by atoms with van der Waals surface area (Å²) < 4.78 is 27.6. The van der Waals surface area contributed by atoms with Crippen LogP contribution in [0.1, 0.15) is 25.0 Å². The summed E-state index contributed by atoms with van der Waals surface area (Å²) in [5, 5.41) is 2.79. The van der Waals surface area contributed by atoms with E-state index in [1.54, 1.807) is 36.4 Å². The lowest BCUT2D eigenvalue weighted by molar-refractivity contribution is -0.119. The van der Waals surface area contributed by atoms with Crippen LogP contribution in [0.2, 0.25) is 0 Å². The normalized spacial score (nSPS) is 11.4. The fourth-order valence-corrected chi connectivity index (χ4v) is 3.97. The summed E-state index contributed by atoms with van der Waals surface area (Å²) in [6.45, 7) is 7.96. The molecule has 2 rings (SSSR count). The van der Waals surface area contributed by atoms with Crippen molar-refractivity contribution in [2.24, 2.45) is 5.92 Å². The fourth-order valence-electron chi connectivity index (χ4n) is 2.48. The second-order valence-electron chi connectivity index (χ2n) is 6.81. The Morgan fingerprint density at radius 2 is 1.65 bits per heavy atom. The Morgan fingerprint density at radius 3 is 2.23 bits per heavy atom. The minimum absolute atomic E-state index is 0.169. The van der Waals surface area contributed by atoms with E-state index in [9.17, 15) is 13.2 Å². The number of para-hydroxylation sites is 1. The summed E-state index contributed by atoms with van der Waals surface area (Å²) in [5.41, 5.74) is 2.27. The molecule has 0 spiro atoms. The number of rotatable bonds is 7. The second-order valence-corrected chi connectivity index (χ2v) is 8.67. The highest BCUT2D eigenvalue weighted by Gasteiger charge is 2.28. The molecule has 0 aromatic heterocycles. The van der Waals surface area contributed by atoms with Crippen LogP contribution in [-0.2, 0) is 14.8 Å². The quantitative estimate of drug-likeness (QED) is 0.809. The molecule has 2 aromatic carbocycles. The van der Waals surface area contributed by atoms with E-state index < -0.39 is 10.0 Å². The van der Waals surface area contributed by atoms with Crippen LogP contribution in [0.5, 0.6) is 0 Å². The molecule has 0 aliphatic heterocycles. The minimum atomic E-state index is -3.85. The van der Waals surface area contributed by atoms with Crippen LogP contribution in [0.4, 0.5) is 5.69 Å². The van der Waals surface area contributed by atoms with Crippen LogP contribution >= 0.6 is 0 Å². The van der Waals surface area contributed by atoms with E-state index in [1.807, 2.05) is 39.8 Å². The molecule has 1 N–H and O–H groups in total. The van der Waals surface area contributed by atoms with Crippen molar-refractivity contribution in [3.8, 4) is 0 Å². The third-order valence-electron chi connectivity index (χ3n) is 3.99. The Balaban J connectivity index is 2.41. The van der Waals surface area contributed by atoms with Gasteiger partial charge in [0.1, 0.15) is 6.54 Å². The van der Waals surface area contributed by atoms with Gasteiger partial charge in [0.15, 0.2) is 0 Å². The average molecular weight is 375 g/mol. The summed E-state index contributed by atoms with van der Waals surface area (Å²) in [5.74, 6) is -0.0304. The predicted octanol–water partition coefficient (Wildman–Crippen LogP) is 3.27. The molecule has 0 atom stereocenters. The van der Waals surface area contributed by atoms with Gasteiger partial charge in [0.05, 0.1) is 10.6 Å². The number of amides is 1. The first-order chi connectivity index (χ1) is 12.2. The number of sulfonamides is 1. The largest absolute Gasteiger partial charge is 0.354 e. The van der Waals surface area contributed by atoms with Crippen molar-refractivity contribution in [3.63, 3.8) is 0 Å². The molecular formula is C20H26N2O3S. The molecule has 0 heterocycles. The molecule has 0 unspecified atom stereocenters. The van der Waals surface area contributed by atoms with Gasteiger partial charge in [-0.05, 0) is 43.5 Å². The van der Waals surface area contributed by atoms with Gasteiger partial charge in [-0.15, -0.1) is 0 Å². The van der Waals surface area contributed by atoms with Gasteiger partial charge in [0.25, 0.3) is 10.0 Å². The lowest BCUT2D eigenvalue weighted by Crippen LogP contribution is -2.42. The molecule has 2 aromatic rings. The molecule has 0 aliphatic rings. The van der Waals surface area contributed by atoms with Crippen LogP contribution in [-0.4, -0.2) is 27.4 Å². The SMILES string of the molecule is Cc1ccc(S(=O)(=O)N(CC(=O)NCC(C)C)c2ccccc2C)cc1. The van der Waals surface area contributed by atoms with Gasteiger partial charge >= 0.3 is 0 Å². The van der Waals surface area contributed by atoms with Crippen molar-refractivity contribution in [1.82, 2.24) is 5.32 Å². The lowest BCUT2D eigenvalue weighted by Gasteiger charge is -2.25. The van der Waals surface area contributed by atoms with Crippen molar-refractivity contribution in [2.45, 2.75) is 32.6 Å². The monoisotopic (exact) mass is 374 g/mol. The summed E-state index contributed by atoms with van der Waals surface area (Å²) in [6.07, 6.45) is 0. The summed E-state index contributed by atoms with van der Waals surface area (Å²) >= 11 is 0. The van der Waals surface area contributed by atoms with Gasteiger partial charge < -0.3 is 5.32 Å². The minimum Gasteiger partial charge on any atom is -0.354 e. The molecule has 0 radical (unpaired) electrons. The zero-order valence-corrected chi connectivity index (χ0v) is 16.5. The van der Waals surface area contributed by atoms with Gasteiger partial charge in [-0.2, -0.15) is 0 Å². The number of carbonyl (C=O) groups is 1. The van der Waals surface area contributed by atoms with Crippen molar-refractivity contribution in [3.05, 3.63) is 59.7 Å². The number of hydrogen-bond donors (Lipinski definition) is 1. The summed E-state index contributed by atoms with van der Waals surface area (Å²) in [6, 6.07) is 13.8. The predicted molar refractivity (Wildman–Crippen MR) is 105 cm³/mol. The lowest BCUT2D eigenvalue weighted by atomic mass is 10.2. The highest BCUT2D eigenvalue weighted by atomic mass is 32.2. The van der Waals surface area contributed by atoms with Crippen molar-refractivity contribution >= 4 is 21.6 Å². The Kier molecular flexibility index (Phi) is 6.42. The van der Waals surface area contributed by atoms with Crippen molar-refractivity contribution in [1.29, 1.82) is 0 Å².